The Hall–Kier alpha value is -1.66. The second-order valence-electron chi connectivity index (χ2n) is 5.24. The standard InChI is InChI=1S/C15H24FN3O2/c1-11(2)19(8-9-20)7-3-4-15(21)18-14-6-5-12(16)10-13(14)17/h5-6,10-11,20H,3-4,7-9,17H2,1-2H3,(H,18,21). The zero-order chi connectivity index (χ0) is 15.8. The molecule has 0 spiro atoms. The Bertz CT molecular complexity index is 466. The van der Waals surface area contributed by atoms with Crippen molar-refractivity contribution in [1.29, 1.82) is 0 Å². The molecule has 0 aliphatic rings. The first-order valence-corrected chi connectivity index (χ1v) is 7.13. The number of halogens is 1. The van der Waals surface area contributed by atoms with E-state index in [1.807, 2.05) is 0 Å². The second-order valence-corrected chi connectivity index (χ2v) is 5.24. The Balaban J connectivity index is 2.40. The Labute approximate surface area is 124 Å². The van der Waals surface area contributed by atoms with Crippen molar-refractivity contribution < 1.29 is 14.3 Å². The molecule has 0 heterocycles. The minimum atomic E-state index is -0.429. The maximum absolute atomic E-state index is 12.9. The summed E-state index contributed by atoms with van der Waals surface area (Å²) >= 11 is 0. The SMILES string of the molecule is CC(C)N(CCO)CCCC(=O)Nc1ccc(F)cc1N. The fourth-order valence-corrected chi connectivity index (χ4v) is 2.06. The molecular formula is C15H24FN3O2. The molecule has 0 unspecified atom stereocenters. The van der Waals surface area contributed by atoms with Crippen LogP contribution < -0.4 is 11.1 Å². The Kier molecular flexibility index (Phi) is 7.11. The molecule has 1 aromatic carbocycles. The first-order valence-electron chi connectivity index (χ1n) is 7.13. The molecule has 1 rings (SSSR count). The number of hydrogen-bond acceptors (Lipinski definition) is 4. The number of carbonyl (C=O) groups excluding carboxylic acids is 1. The first-order chi connectivity index (χ1) is 9.93. The van der Waals surface area contributed by atoms with Crippen LogP contribution in [0, 0.1) is 5.82 Å². The van der Waals surface area contributed by atoms with Crippen molar-refractivity contribution in [3.05, 3.63) is 24.0 Å². The van der Waals surface area contributed by atoms with Crippen molar-refractivity contribution in [3.8, 4) is 0 Å². The second kappa shape index (κ2) is 8.59. The molecule has 4 N–H and O–H groups in total. The van der Waals surface area contributed by atoms with Crippen LogP contribution >= 0.6 is 0 Å². The molecule has 0 atom stereocenters. The molecular weight excluding hydrogens is 273 g/mol. The van der Waals surface area contributed by atoms with Crippen LogP contribution in [0.1, 0.15) is 26.7 Å². The fourth-order valence-electron chi connectivity index (χ4n) is 2.06. The summed E-state index contributed by atoms with van der Waals surface area (Å²) in [6, 6.07) is 4.22. The van der Waals surface area contributed by atoms with E-state index in [9.17, 15) is 9.18 Å². The van der Waals surface area contributed by atoms with E-state index < -0.39 is 5.82 Å². The molecule has 0 fully saturated rings. The lowest BCUT2D eigenvalue weighted by Gasteiger charge is -2.25. The summed E-state index contributed by atoms with van der Waals surface area (Å²) in [4.78, 5) is 13.9. The van der Waals surface area contributed by atoms with Crippen molar-refractivity contribution in [3.63, 3.8) is 0 Å². The number of amides is 1. The summed E-state index contributed by atoms with van der Waals surface area (Å²) in [7, 11) is 0. The molecule has 1 aromatic rings. The normalized spacial score (nSPS) is 11.1. The van der Waals surface area contributed by atoms with Crippen LogP contribution in [-0.2, 0) is 4.79 Å². The van der Waals surface area contributed by atoms with E-state index in [4.69, 9.17) is 10.8 Å². The summed E-state index contributed by atoms with van der Waals surface area (Å²) in [5, 5.41) is 11.7. The Morgan fingerprint density at radius 2 is 2.14 bits per heavy atom. The Morgan fingerprint density at radius 1 is 1.43 bits per heavy atom. The van der Waals surface area contributed by atoms with Gasteiger partial charge in [-0.15, -0.1) is 0 Å². The highest BCUT2D eigenvalue weighted by molar-refractivity contribution is 5.93. The van der Waals surface area contributed by atoms with E-state index in [1.54, 1.807) is 0 Å². The number of nitrogen functional groups attached to an aromatic ring is 1. The van der Waals surface area contributed by atoms with Gasteiger partial charge in [0, 0.05) is 19.0 Å². The van der Waals surface area contributed by atoms with E-state index in [2.05, 4.69) is 24.1 Å². The summed E-state index contributed by atoms with van der Waals surface area (Å²) in [6.07, 6.45) is 1.04. The van der Waals surface area contributed by atoms with Crippen LogP contribution in [-0.4, -0.2) is 41.7 Å². The van der Waals surface area contributed by atoms with Crippen LogP contribution in [0.3, 0.4) is 0 Å². The highest BCUT2D eigenvalue weighted by Crippen LogP contribution is 2.19. The smallest absolute Gasteiger partial charge is 0.224 e. The zero-order valence-electron chi connectivity index (χ0n) is 12.6. The van der Waals surface area contributed by atoms with E-state index in [0.29, 0.717) is 31.1 Å². The van der Waals surface area contributed by atoms with E-state index in [0.717, 1.165) is 6.54 Å². The largest absolute Gasteiger partial charge is 0.397 e. The summed E-state index contributed by atoms with van der Waals surface area (Å²) < 4.78 is 12.9. The number of aliphatic hydroxyl groups is 1. The van der Waals surface area contributed by atoms with Gasteiger partial charge in [-0.05, 0) is 45.0 Å². The van der Waals surface area contributed by atoms with Gasteiger partial charge >= 0.3 is 0 Å². The van der Waals surface area contributed by atoms with Gasteiger partial charge < -0.3 is 16.2 Å². The van der Waals surface area contributed by atoms with Crippen molar-refractivity contribution in [1.82, 2.24) is 4.90 Å². The molecule has 0 saturated carbocycles. The molecule has 5 nitrogen and oxygen atoms in total. The van der Waals surface area contributed by atoms with E-state index >= 15 is 0 Å². The van der Waals surface area contributed by atoms with Gasteiger partial charge in [0.2, 0.25) is 5.91 Å². The van der Waals surface area contributed by atoms with Crippen LogP contribution in [0.15, 0.2) is 18.2 Å². The third-order valence-electron chi connectivity index (χ3n) is 3.25. The number of carbonyl (C=O) groups is 1. The summed E-state index contributed by atoms with van der Waals surface area (Å²) in [5.41, 5.74) is 6.28. The lowest BCUT2D eigenvalue weighted by Crippen LogP contribution is -2.34. The molecule has 0 aromatic heterocycles. The highest BCUT2D eigenvalue weighted by atomic mass is 19.1. The first kappa shape index (κ1) is 17.4. The average Bonchev–Trinajstić information content (AvgIpc) is 2.41. The molecule has 0 aliphatic heterocycles. The molecule has 21 heavy (non-hydrogen) atoms. The predicted octanol–water partition coefficient (Wildman–Crippen LogP) is 1.83. The molecule has 0 radical (unpaired) electrons. The molecule has 6 heteroatoms. The molecule has 0 aliphatic carbocycles. The van der Waals surface area contributed by atoms with Crippen molar-refractivity contribution in [2.75, 3.05) is 30.7 Å². The van der Waals surface area contributed by atoms with Gasteiger partial charge in [0.25, 0.3) is 0 Å². The number of nitrogens with two attached hydrogens (primary N) is 1. The van der Waals surface area contributed by atoms with E-state index in [1.165, 1.54) is 18.2 Å². The van der Waals surface area contributed by atoms with Crippen LogP contribution in [0.4, 0.5) is 15.8 Å². The molecule has 0 saturated heterocycles. The maximum atomic E-state index is 12.9. The lowest BCUT2D eigenvalue weighted by atomic mass is 10.2. The van der Waals surface area contributed by atoms with Gasteiger partial charge in [0.1, 0.15) is 5.82 Å². The number of aliphatic hydroxyl groups excluding tert-OH is 1. The number of anilines is 2. The third kappa shape index (κ3) is 6.10. The van der Waals surface area contributed by atoms with Crippen LogP contribution in [0.2, 0.25) is 0 Å². The van der Waals surface area contributed by atoms with Gasteiger partial charge in [0.05, 0.1) is 18.0 Å². The lowest BCUT2D eigenvalue weighted by molar-refractivity contribution is -0.116. The molecule has 0 bridgehead atoms. The predicted molar refractivity (Wildman–Crippen MR) is 82.5 cm³/mol. The van der Waals surface area contributed by atoms with Gasteiger partial charge in [-0.3, -0.25) is 9.69 Å². The average molecular weight is 297 g/mol. The minimum Gasteiger partial charge on any atom is -0.397 e. The Morgan fingerprint density at radius 3 is 2.71 bits per heavy atom. The number of rotatable bonds is 8. The van der Waals surface area contributed by atoms with Crippen molar-refractivity contribution in [2.24, 2.45) is 0 Å². The van der Waals surface area contributed by atoms with Gasteiger partial charge in [-0.25, -0.2) is 4.39 Å². The number of nitrogens with one attached hydrogen (secondary N) is 1. The van der Waals surface area contributed by atoms with Crippen molar-refractivity contribution in [2.45, 2.75) is 32.7 Å². The maximum Gasteiger partial charge on any atom is 0.224 e. The van der Waals surface area contributed by atoms with Gasteiger partial charge in [0.15, 0.2) is 0 Å². The van der Waals surface area contributed by atoms with Crippen molar-refractivity contribution >= 4 is 17.3 Å². The third-order valence-corrected chi connectivity index (χ3v) is 3.25. The zero-order valence-corrected chi connectivity index (χ0v) is 12.6. The molecule has 118 valence electrons. The summed E-state index contributed by atoms with van der Waals surface area (Å²) in [5.74, 6) is -0.580. The van der Waals surface area contributed by atoms with Crippen LogP contribution in [0.5, 0.6) is 0 Å². The van der Waals surface area contributed by atoms with E-state index in [-0.39, 0.29) is 18.2 Å². The quantitative estimate of drug-likeness (QED) is 0.640. The molecule has 1 amide bonds. The van der Waals surface area contributed by atoms with Crippen LogP contribution in [0.25, 0.3) is 0 Å². The summed E-state index contributed by atoms with van der Waals surface area (Å²) in [6.45, 7) is 5.55. The van der Waals surface area contributed by atoms with Gasteiger partial charge in [-0.2, -0.15) is 0 Å². The highest BCUT2D eigenvalue weighted by Gasteiger charge is 2.10. The monoisotopic (exact) mass is 297 g/mol. The number of benzene rings is 1. The number of nitrogens with zero attached hydrogens (tertiary/aromatic N) is 1. The number of hydrogen-bond donors (Lipinski definition) is 3. The minimum absolute atomic E-state index is 0.108. The topological polar surface area (TPSA) is 78.6 Å². The van der Waals surface area contributed by atoms with Gasteiger partial charge in [-0.1, -0.05) is 0 Å². The fraction of sp³-hybridized carbons (Fsp3) is 0.533.